The van der Waals surface area contributed by atoms with Crippen LogP contribution in [0.5, 0.6) is 0 Å². The predicted molar refractivity (Wildman–Crippen MR) is 54.3 cm³/mol. The monoisotopic (exact) mass is 386 g/mol. The Balaban J connectivity index is 4.07. The summed E-state index contributed by atoms with van der Waals surface area (Å²) < 4.78 is 15.9. The van der Waals surface area contributed by atoms with Crippen molar-refractivity contribution in [3.05, 3.63) is 38.0 Å². The van der Waals surface area contributed by atoms with Crippen molar-refractivity contribution >= 4 is 8.58 Å². The molecular weight excluding hydrogens is 370 g/mol. The van der Waals surface area contributed by atoms with E-state index in [-0.39, 0.29) is 0 Å². The summed E-state index contributed by atoms with van der Waals surface area (Å²) in [6.45, 7) is 11.6. The van der Waals surface area contributed by atoms with Gasteiger partial charge in [-0.15, -0.1) is 0 Å². The van der Waals surface area contributed by atoms with Gasteiger partial charge in [0.25, 0.3) is 0 Å². The third kappa shape index (κ3) is 6.68. The van der Waals surface area contributed by atoms with E-state index in [4.69, 9.17) is 17.1 Å². The number of hydrogen-bond donors (Lipinski definition) is 0. The molecule has 0 saturated heterocycles. The van der Waals surface area contributed by atoms with Gasteiger partial charge in [0.15, 0.2) is 0 Å². The average molecular weight is 385 g/mol. The van der Waals surface area contributed by atoms with E-state index in [0.29, 0.717) is 19.8 Å². The van der Waals surface area contributed by atoms with Gasteiger partial charge in [0.1, 0.15) is 0 Å². The second-order valence-corrected chi connectivity index (χ2v) is 12.6. The van der Waals surface area contributed by atoms with Crippen LogP contribution < -0.4 is 0 Å². The Morgan fingerprint density at radius 1 is 0.857 bits per heavy atom. The van der Waals surface area contributed by atoms with E-state index >= 15 is 0 Å². The first-order valence-electron chi connectivity index (χ1n) is 4.12. The van der Waals surface area contributed by atoms with Crippen molar-refractivity contribution in [2.75, 3.05) is 19.8 Å². The van der Waals surface area contributed by atoms with Crippen molar-refractivity contribution in [3.8, 4) is 0 Å². The molecule has 0 aromatic heterocycles. The minimum absolute atomic E-state index is 0.333. The van der Waals surface area contributed by atoms with E-state index in [2.05, 4.69) is 19.7 Å². The van der Waals surface area contributed by atoms with Crippen LogP contribution in [-0.2, 0) is 28.7 Å². The zero-order chi connectivity index (χ0) is 10.9. The topological polar surface area (TPSA) is 27.7 Å². The zero-order valence-electron chi connectivity index (χ0n) is 8.08. The first kappa shape index (κ1) is 14.3. The Bertz CT molecular complexity index is 165. The predicted octanol–water partition coefficient (Wildman–Crippen LogP) is 2.65. The van der Waals surface area contributed by atoms with E-state index in [1.54, 1.807) is 18.2 Å². The van der Waals surface area contributed by atoms with Crippen LogP contribution in [0.15, 0.2) is 38.0 Å². The van der Waals surface area contributed by atoms with Crippen molar-refractivity contribution in [1.29, 1.82) is 0 Å². The Morgan fingerprint density at radius 2 is 1.14 bits per heavy atom. The zero-order valence-corrected chi connectivity index (χ0v) is 12.4. The molecule has 0 rings (SSSR count). The van der Waals surface area contributed by atoms with Gasteiger partial charge in [0, 0.05) is 0 Å². The SMILES string of the molecule is C=CC[O][Hf]([Cl])([O]CC=C)[O]CC=C. The summed E-state index contributed by atoms with van der Waals surface area (Å²) in [6.07, 6.45) is 4.81. The summed E-state index contributed by atoms with van der Waals surface area (Å²) in [4.78, 5) is 0. The molecule has 0 N–H and O–H groups in total. The van der Waals surface area contributed by atoms with Crippen molar-refractivity contribution in [1.82, 2.24) is 0 Å². The van der Waals surface area contributed by atoms with Gasteiger partial charge >= 0.3 is 95.0 Å². The molecular formula is C9H15ClHfO3. The number of rotatable bonds is 9. The quantitative estimate of drug-likeness (QED) is 0.451. The van der Waals surface area contributed by atoms with E-state index in [9.17, 15) is 0 Å². The van der Waals surface area contributed by atoms with Crippen LogP contribution in [0.25, 0.3) is 0 Å². The standard InChI is InChI=1S/3C3H5O.ClH.Hf/c3*1-2-3-4;;/h3*2H,1,3H2;1H;/q3*-1;;+4/p-1. The van der Waals surface area contributed by atoms with Crippen molar-refractivity contribution < 1.29 is 28.7 Å². The van der Waals surface area contributed by atoms with E-state index in [0.717, 1.165) is 0 Å². The van der Waals surface area contributed by atoms with Crippen LogP contribution in [0, 0.1) is 0 Å². The molecule has 0 aliphatic carbocycles. The van der Waals surface area contributed by atoms with Crippen molar-refractivity contribution in [2.45, 2.75) is 0 Å². The van der Waals surface area contributed by atoms with Gasteiger partial charge in [-0.05, 0) is 0 Å². The first-order chi connectivity index (χ1) is 6.68. The average Bonchev–Trinajstić information content (AvgIpc) is 2.21. The molecule has 0 aliphatic heterocycles. The number of halogens is 1. The molecule has 0 aliphatic rings. The molecule has 0 atom stereocenters. The van der Waals surface area contributed by atoms with Gasteiger partial charge in [-0.2, -0.15) is 0 Å². The molecule has 0 spiro atoms. The van der Waals surface area contributed by atoms with Gasteiger partial charge in [-0.1, -0.05) is 0 Å². The molecule has 0 aromatic rings. The Labute approximate surface area is 94.7 Å². The van der Waals surface area contributed by atoms with Crippen LogP contribution >= 0.6 is 8.58 Å². The summed E-state index contributed by atoms with van der Waals surface area (Å²) in [7, 11) is 6.09. The maximum atomic E-state index is 6.09. The fourth-order valence-electron chi connectivity index (χ4n) is 0.600. The molecule has 14 heavy (non-hydrogen) atoms. The fraction of sp³-hybridized carbons (Fsp3) is 0.333. The molecule has 0 aromatic carbocycles. The molecule has 0 fully saturated rings. The van der Waals surface area contributed by atoms with Gasteiger partial charge < -0.3 is 0 Å². The van der Waals surface area contributed by atoms with Crippen LogP contribution in [0.3, 0.4) is 0 Å². The normalized spacial score (nSPS) is 10.9. The molecule has 3 nitrogen and oxygen atoms in total. The maximum absolute atomic E-state index is 6.09. The van der Waals surface area contributed by atoms with Crippen LogP contribution in [0.4, 0.5) is 0 Å². The van der Waals surface area contributed by atoms with E-state index < -0.39 is 20.1 Å². The van der Waals surface area contributed by atoms with Crippen LogP contribution in [0.1, 0.15) is 0 Å². The van der Waals surface area contributed by atoms with Crippen molar-refractivity contribution in [2.24, 2.45) is 0 Å². The van der Waals surface area contributed by atoms with E-state index in [1.165, 1.54) is 0 Å². The first-order valence-corrected chi connectivity index (χ1v) is 13.0. The summed E-state index contributed by atoms with van der Waals surface area (Å²) in [5.74, 6) is 0. The minimum atomic E-state index is -3.93. The Morgan fingerprint density at radius 3 is 1.36 bits per heavy atom. The Hall–Kier alpha value is 0.260. The van der Waals surface area contributed by atoms with Crippen molar-refractivity contribution in [3.63, 3.8) is 0 Å². The molecule has 0 unspecified atom stereocenters. The third-order valence-electron chi connectivity index (χ3n) is 1.12. The van der Waals surface area contributed by atoms with E-state index in [1.807, 2.05) is 0 Å². The Kier molecular flexibility index (Phi) is 8.72. The molecule has 0 radical (unpaired) electrons. The molecule has 0 bridgehead atoms. The molecule has 5 heteroatoms. The molecule has 0 saturated carbocycles. The van der Waals surface area contributed by atoms with Crippen LogP contribution in [-0.4, -0.2) is 19.8 Å². The van der Waals surface area contributed by atoms with Gasteiger partial charge in [0.2, 0.25) is 0 Å². The van der Waals surface area contributed by atoms with Gasteiger partial charge in [-0.25, -0.2) is 0 Å². The summed E-state index contributed by atoms with van der Waals surface area (Å²) >= 11 is -3.93. The summed E-state index contributed by atoms with van der Waals surface area (Å²) in [5.41, 5.74) is 0. The summed E-state index contributed by atoms with van der Waals surface area (Å²) in [6, 6.07) is 0. The fourth-order valence-corrected chi connectivity index (χ4v) is 6.46. The molecule has 0 heterocycles. The summed E-state index contributed by atoms with van der Waals surface area (Å²) in [5, 5.41) is 0. The van der Waals surface area contributed by atoms with Gasteiger partial charge in [0.05, 0.1) is 0 Å². The third-order valence-corrected chi connectivity index (χ3v) is 9.31. The second kappa shape index (κ2) is 8.56. The van der Waals surface area contributed by atoms with Gasteiger partial charge in [-0.3, -0.25) is 0 Å². The number of hydrogen-bond acceptors (Lipinski definition) is 3. The second-order valence-electron chi connectivity index (χ2n) is 2.28. The molecule has 80 valence electrons. The van der Waals surface area contributed by atoms with Crippen LogP contribution in [0.2, 0.25) is 0 Å². The molecule has 0 amide bonds.